The van der Waals surface area contributed by atoms with Gasteiger partial charge < -0.3 is 9.47 Å². The first-order valence-corrected chi connectivity index (χ1v) is 6.08. The summed E-state index contributed by atoms with van der Waals surface area (Å²) in [5, 5.41) is 0. The second-order valence-electron chi connectivity index (χ2n) is 4.98. The van der Waals surface area contributed by atoms with E-state index in [1.807, 2.05) is 0 Å². The zero-order chi connectivity index (χ0) is 11.9. The zero-order valence-corrected chi connectivity index (χ0v) is 10.8. The van der Waals surface area contributed by atoms with Gasteiger partial charge in [-0.15, -0.1) is 0 Å². The normalized spacial score (nSPS) is 20.1. The third-order valence-corrected chi connectivity index (χ3v) is 2.84. The minimum absolute atomic E-state index is 0.271. The average molecular weight is 224 g/mol. The van der Waals surface area contributed by atoms with Crippen molar-refractivity contribution in [2.45, 2.75) is 33.6 Å². The van der Waals surface area contributed by atoms with Gasteiger partial charge in [0.05, 0.1) is 26.4 Å². The van der Waals surface area contributed by atoms with E-state index in [0.29, 0.717) is 0 Å². The molecule has 16 heavy (non-hydrogen) atoms. The van der Waals surface area contributed by atoms with Gasteiger partial charge in [0.1, 0.15) is 0 Å². The first kappa shape index (κ1) is 13.5. The molecule has 1 saturated heterocycles. The number of rotatable bonds is 7. The molecule has 0 aromatic carbocycles. The highest BCUT2D eigenvalue weighted by atomic mass is 16.5. The number of allylic oxidation sites excluding steroid dienone is 3. The molecular formula is C14H24O2. The van der Waals surface area contributed by atoms with Crippen molar-refractivity contribution in [2.75, 3.05) is 26.4 Å². The van der Waals surface area contributed by atoms with E-state index in [1.54, 1.807) is 0 Å². The van der Waals surface area contributed by atoms with Crippen LogP contribution >= 0.6 is 0 Å². The molecule has 2 nitrogen and oxygen atoms in total. The van der Waals surface area contributed by atoms with Gasteiger partial charge in [-0.1, -0.05) is 30.7 Å². The van der Waals surface area contributed by atoms with Crippen molar-refractivity contribution in [3.8, 4) is 0 Å². The maximum atomic E-state index is 5.64. The molecule has 0 unspecified atom stereocenters. The smallest absolute Gasteiger partial charge is 0.0650 e. The van der Waals surface area contributed by atoms with Gasteiger partial charge in [-0.25, -0.2) is 0 Å². The van der Waals surface area contributed by atoms with Crippen molar-refractivity contribution in [3.05, 3.63) is 23.8 Å². The van der Waals surface area contributed by atoms with Crippen molar-refractivity contribution in [3.63, 3.8) is 0 Å². The van der Waals surface area contributed by atoms with Crippen LogP contribution in [-0.2, 0) is 9.47 Å². The van der Waals surface area contributed by atoms with Gasteiger partial charge in [-0.2, -0.15) is 0 Å². The van der Waals surface area contributed by atoms with Crippen LogP contribution in [0.2, 0.25) is 0 Å². The van der Waals surface area contributed by atoms with Gasteiger partial charge in [0, 0.05) is 5.41 Å². The summed E-state index contributed by atoms with van der Waals surface area (Å²) in [6.45, 7) is 9.67. The molecular weight excluding hydrogens is 200 g/mol. The van der Waals surface area contributed by atoms with Gasteiger partial charge >= 0.3 is 0 Å². The average Bonchev–Trinajstić information content (AvgIpc) is 2.22. The molecule has 1 aliphatic heterocycles. The Morgan fingerprint density at radius 2 is 2.19 bits per heavy atom. The Kier molecular flexibility index (Phi) is 5.78. The molecule has 0 aliphatic carbocycles. The monoisotopic (exact) mass is 224 g/mol. The summed E-state index contributed by atoms with van der Waals surface area (Å²) in [5.41, 5.74) is 1.68. The highest BCUT2D eigenvalue weighted by Gasteiger charge is 2.33. The molecule has 0 aromatic heterocycles. The molecule has 0 N–H and O–H groups in total. The Bertz CT molecular complexity index is 249. The maximum absolute atomic E-state index is 5.64. The Hall–Kier alpha value is -0.600. The first-order valence-electron chi connectivity index (χ1n) is 6.08. The lowest BCUT2D eigenvalue weighted by molar-refractivity contribution is -0.135. The molecule has 0 aromatic rings. The maximum Gasteiger partial charge on any atom is 0.0650 e. The van der Waals surface area contributed by atoms with Crippen LogP contribution in [0.5, 0.6) is 0 Å². The second kappa shape index (κ2) is 6.87. The largest absolute Gasteiger partial charge is 0.380 e. The second-order valence-corrected chi connectivity index (χ2v) is 4.98. The van der Waals surface area contributed by atoms with E-state index < -0.39 is 0 Å². The topological polar surface area (TPSA) is 18.5 Å². The molecule has 0 amide bonds. The molecule has 0 atom stereocenters. The third kappa shape index (κ3) is 4.95. The first-order chi connectivity index (χ1) is 7.66. The van der Waals surface area contributed by atoms with Crippen molar-refractivity contribution >= 4 is 0 Å². The van der Waals surface area contributed by atoms with Crippen LogP contribution in [0, 0.1) is 5.41 Å². The fraction of sp³-hybridized carbons (Fsp3) is 0.714. The van der Waals surface area contributed by atoms with Gasteiger partial charge in [-0.3, -0.25) is 0 Å². The molecule has 1 rings (SSSR count). The molecule has 2 heteroatoms. The van der Waals surface area contributed by atoms with Crippen LogP contribution in [0.25, 0.3) is 0 Å². The third-order valence-electron chi connectivity index (χ3n) is 2.84. The van der Waals surface area contributed by atoms with Crippen LogP contribution in [0.15, 0.2) is 23.8 Å². The Balaban J connectivity index is 2.06. The molecule has 92 valence electrons. The van der Waals surface area contributed by atoms with E-state index in [2.05, 4.69) is 39.0 Å². The Morgan fingerprint density at radius 1 is 1.44 bits per heavy atom. The molecule has 0 bridgehead atoms. The number of ether oxygens (including phenoxy) is 2. The minimum Gasteiger partial charge on any atom is -0.380 e. The molecule has 0 saturated carbocycles. The molecule has 1 fully saturated rings. The van der Waals surface area contributed by atoms with Crippen molar-refractivity contribution in [2.24, 2.45) is 5.41 Å². The van der Waals surface area contributed by atoms with Crippen molar-refractivity contribution < 1.29 is 9.47 Å². The molecule has 1 heterocycles. The predicted molar refractivity (Wildman–Crippen MR) is 67.6 cm³/mol. The molecule has 0 spiro atoms. The Labute approximate surface area is 99.3 Å². The van der Waals surface area contributed by atoms with E-state index in [9.17, 15) is 0 Å². The van der Waals surface area contributed by atoms with Gasteiger partial charge in [0.25, 0.3) is 0 Å². The Morgan fingerprint density at radius 3 is 2.75 bits per heavy atom. The van der Waals surface area contributed by atoms with Crippen LogP contribution in [0.3, 0.4) is 0 Å². The zero-order valence-electron chi connectivity index (χ0n) is 10.8. The van der Waals surface area contributed by atoms with Crippen LogP contribution in [-0.4, -0.2) is 26.4 Å². The standard InChI is InChI=1S/C14H24O2/c1-4-5-6-7-13(2)8-9-15-10-14(3)11-16-12-14/h4-5,8H,6-7,9-12H2,1-3H3. The fourth-order valence-corrected chi connectivity index (χ4v) is 1.62. The van der Waals surface area contributed by atoms with Crippen molar-refractivity contribution in [1.82, 2.24) is 0 Å². The lowest BCUT2D eigenvalue weighted by atomic mass is 9.90. The van der Waals surface area contributed by atoms with Crippen LogP contribution in [0.4, 0.5) is 0 Å². The van der Waals surface area contributed by atoms with E-state index in [0.717, 1.165) is 39.3 Å². The highest BCUT2D eigenvalue weighted by molar-refractivity contribution is 5.00. The summed E-state index contributed by atoms with van der Waals surface area (Å²) < 4.78 is 10.8. The number of hydrogen-bond acceptors (Lipinski definition) is 2. The van der Waals surface area contributed by atoms with Crippen molar-refractivity contribution in [1.29, 1.82) is 0 Å². The lowest BCUT2D eigenvalue weighted by Gasteiger charge is -2.37. The van der Waals surface area contributed by atoms with E-state index in [4.69, 9.17) is 9.47 Å². The summed E-state index contributed by atoms with van der Waals surface area (Å²) in [6.07, 6.45) is 8.75. The quantitative estimate of drug-likeness (QED) is 0.488. The fourth-order valence-electron chi connectivity index (χ4n) is 1.62. The predicted octanol–water partition coefficient (Wildman–Crippen LogP) is 3.34. The van der Waals surface area contributed by atoms with Crippen LogP contribution in [0.1, 0.15) is 33.6 Å². The lowest BCUT2D eigenvalue weighted by Crippen LogP contribution is -2.43. The van der Waals surface area contributed by atoms with E-state index in [-0.39, 0.29) is 5.41 Å². The van der Waals surface area contributed by atoms with Gasteiger partial charge in [-0.05, 0) is 26.7 Å². The van der Waals surface area contributed by atoms with E-state index in [1.165, 1.54) is 5.57 Å². The summed E-state index contributed by atoms with van der Waals surface area (Å²) in [4.78, 5) is 0. The SMILES string of the molecule is CC=CCCC(C)=CCOCC1(C)COC1. The minimum atomic E-state index is 0.271. The molecule has 0 radical (unpaired) electrons. The highest BCUT2D eigenvalue weighted by Crippen LogP contribution is 2.26. The summed E-state index contributed by atoms with van der Waals surface area (Å²) in [5.74, 6) is 0. The summed E-state index contributed by atoms with van der Waals surface area (Å²) in [7, 11) is 0. The summed E-state index contributed by atoms with van der Waals surface area (Å²) in [6, 6.07) is 0. The molecule has 1 aliphatic rings. The van der Waals surface area contributed by atoms with Gasteiger partial charge in [0.2, 0.25) is 0 Å². The summed E-state index contributed by atoms with van der Waals surface area (Å²) >= 11 is 0. The van der Waals surface area contributed by atoms with Crippen LogP contribution < -0.4 is 0 Å². The van der Waals surface area contributed by atoms with E-state index >= 15 is 0 Å². The van der Waals surface area contributed by atoms with Gasteiger partial charge in [0.15, 0.2) is 0 Å². The number of hydrogen-bond donors (Lipinski definition) is 0.